The van der Waals surface area contributed by atoms with E-state index < -0.39 is 30.3 Å². The molecule has 0 aliphatic heterocycles. The Kier molecular flexibility index (Phi) is 8.49. The van der Waals surface area contributed by atoms with E-state index in [1.807, 2.05) is 25.1 Å². The van der Waals surface area contributed by atoms with Gasteiger partial charge in [-0.05, 0) is 72.7 Å². The molecule has 7 nitrogen and oxygen atoms in total. The van der Waals surface area contributed by atoms with Gasteiger partial charge in [-0.2, -0.15) is 0 Å². The molecule has 0 bridgehead atoms. The first-order valence-electron chi connectivity index (χ1n) is 11.3. The molecule has 2 aromatic rings. The van der Waals surface area contributed by atoms with Gasteiger partial charge in [0, 0.05) is 18.6 Å². The van der Waals surface area contributed by atoms with Gasteiger partial charge in [-0.15, -0.1) is 0 Å². The van der Waals surface area contributed by atoms with E-state index in [0.717, 1.165) is 17.5 Å². The molecule has 0 spiro atoms. The molecule has 0 amide bonds. The van der Waals surface area contributed by atoms with Crippen LogP contribution in [0.5, 0.6) is 11.5 Å². The van der Waals surface area contributed by atoms with Gasteiger partial charge in [0.2, 0.25) is 0 Å². The summed E-state index contributed by atoms with van der Waals surface area (Å²) < 4.78 is 10.9. The molecule has 1 aliphatic carbocycles. The summed E-state index contributed by atoms with van der Waals surface area (Å²) >= 11 is 0. The summed E-state index contributed by atoms with van der Waals surface area (Å²) in [5, 5.41) is 29.1. The lowest BCUT2D eigenvalue weighted by atomic mass is 9.92. The Bertz CT molecular complexity index is 1090. The molecule has 1 fully saturated rings. The van der Waals surface area contributed by atoms with E-state index in [1.165, 1.54) is 42.0 Å². The second-order valence-corrected chi connectivity index (χ2v) is 8.37. The number of hydrogen-bond donors (Lipinski definition) is 3. The molecule has 0 saturated heterocycles. The maximum atomic E-state index is 12.3. The number of carbonyl (C=O) groups is 2. The molecule has 180 valence electrons. The Morgan fingerprint density at radius 1 is 0.941 bits per heavy atom. The molecule has 34 heavy (non-hydrogen) atoms. The third-order valence-electron chi connectivity index (χ3n) is 5.83. The third kappa shape index (κ3) is 6.96. The fourth-order valence-corrected chi connectivity index (χ4v) is 3.89. The molecule has 0 aromatic heterocycles. The number of carbonyl (C=O) groups excluding carboxylic acids is 2. The number of aromatic hydroxyl groups is 2. The highest BCUT2D eigenvalue weighted by molar-refractivity contribution is 5.88. The zero-order chi connectivity index (χ0) is 24.7. The van der Waals surface area contributed by atoms with Gasteiger partial charge in [-0.1, -0.05) is 31.2 Å². The summed E-state index contributed by atoms with van der Waals surface area (Å²) in [6, 6.07) is 10.1. The second-order valence-electron chi connectivity index (χ2n) is 8.37. The fourth-order valence-electron chi connectivity index (χ4n) is 3.89. The standard InChI is InChI=1S/C27H30O7/c1-3-20-8-4-18(14-17(20)2)6-13-27(32)34-25-16-21(9-11-23(25)29)33-26(31)12-7-19-5-10-22(28)24(30)15-19/h4-8,10,12-15,21,23,25,28-30H,3,9,11,16H2,1-2H3/b12-7+,13-6+/t21-,23+,25-/m1/s1. The molecule has 2 aromatic carbocycles. The summed E-state index contributed by atoms with van der Waals surface area (Å²) in [4.78, 5) is 24.5. The summed E-state index contributed by atoms with van der Waals surface area (Å²) in [5.74, 6) is -1.70. The molecular weight excluding hydrogens is 436 g/mol. The summed E-state index contributed by atoms with van der Waals surface area (Å²) in [7, 11) is 0. The molecule has 0 heterocycles. The molecule has 1 aliphatic rings. The molecule has 3 atom stereocenters. The maximum absolute atomic E-state index is 12.3. The van der Waals surface area contributed by atoms with Crippen LogP contribution in [0.25, 0.3) is 12.2 Å². The Labute approximate surface area is 199 Å². The molecular formula is C27H30O7. The van der Waals surface area contributed by atoms with E-state index in [4.69, 9.17) is 9.47 Å². The van der Waals surface area contributed by atoms with E-state index >= 15 is 0 Å². The van der Waals surface area contributed by atoms with Crippen molar-refractivity contribution in [1.82, 2.24) is 0 Å². The van der Waals surface area contributed by atoms with Gasteiger partial charge in [0.25, 0.3) is 0 Å². The molecule has 1 saturated carbocycles. The minimum Gasteiger partial charge on any atom is -0.504 e. The van der Waals surface area contributed by atoms with E-state index in [1.54, 1.807) is 6.08 Å². The van der Waals surface area contributed by atoms with Crippen LogP contribution in [0.4, 0.5) is 0 Å². The first kappa shape index (κ1) is 25.1. The van der Waals surface area contributed by atoms with E-state index in [9.17, 15) is 24.9 Å². The van der Waals surface area contributed by atoms with E-state index in [2.05, 4.69) is 6.92 Å². The Hall–Kier alpha value is -3.58. The SMILES string of the molecule is CCc1ccc(/C=C/C(=O)O[C@@H]2C[C@H](OC(=O)/C=C/c3ccc(O)c(O)c3)CC[C@@H]2O)cc1C. The van der Waals surface area contributed by atoms with Crippen LogP contribution in [0.2, 0.25) is 0 Å². The van der Waals surface area contributed by atoms with Gasteiger partial charge in [0.15, 0.2) is 11.5 Å². The second kappa shape index (κ2) is 11.5. The van der Waals surface area contributed by atoms with Crippen LogP contribution < -0.4 is 0 Å². The molecule has 3 N–H and O–H groups in total. The summed E-state index contributed by atoms with van der Waals surface area (Å²) in [5.41, 5.74) is 3.81. The number of phenolic OH excluding ortho intramolecular Hbond substituents is 2. The highest BCUT2D eigenvalue weighted by Crippen LogP contribution is 2.26. The first-order chi connectivity index (χ1) is 16.2. The largest absolute Gasteiger partial charge is 0.504 e. The van der Waals surface area contributed by atoms with Crippen LogP contribution in [-0.4, -0.2) is 45.6 Å². The normalized spacial score (nSPS) is 20.5. The van der Waals surface area contributed by atoms with Gasteiger partial charge in [0.05, 0.1) is 6.10 Å². The number of esters is 2. The van der Waals surface area contributed by atoms with Crippen LogP contribution in [0, 0.1) is 6.92 Å². The number of phenols is 2. The summed E-state index contributed by atoms with van der Waals surface area (Å²) in [6.07, 6.45) is 5.51. The summed E-state index contributed by atoms with van der Waals surface area (Å²) in [6.45, 7) is 4.12. The van der Waals surface area contributed by atoms with Crippen molar-refractivity contribution in [2.45, 2.75) is 57.8 Å². The van der Waals surface area contributed by atoms with Crippen molar-refractivity contribution in [2.24, 2.45) is 0 Å². The average Bonchev–Trinajstić information content (AvgIpc) is 2.81. The van der Waals surface area contributed by atoms with Crippen LogP contribution >= 0.6 is 0 Å². The Morgan fingerprint density at radius 2 is 1.59 bits per heavy atom. The zero-order valence-corrected chi connectivity index (χ0v) is 19.3. The molecule has 7 heteroatoms. The molecule has 3 rings (SSSR count). The highest BCUT2D eigenvalue weighted by Gasteiger charge is 2.33. The smallest absolute Gasteiger partial charge is 0.331 e. The van der Waals surface area contributed by atoms with Crippen molar-refractivity contribution in [3.05, 3.63) is 70.8 Å². The number of aliphatic hydroxyl groups is 1. The number of aliphatic hydroxyl groups excluding tert-OH is 1. The van der Waals surface area contributed by atoms with Crippen LogP contribution in [-0.2, 0) is 25.5 Å². The van der Waals surface area contributed by atoms with Crippen molar-refractivity contribution in [2.75, 3.05) is 0 Å². The maximum Gasteiger partial charge on any atom is 0.331 e. The molecule has 0 radical (unpaired) electrons. The third-order valence-corrected chi connectivity index (χ3v) is 5.83. The van der Waals surface area contributed by atoms with E-state index in [0.29, 0.717) is 18.4 Å². The molecule has 0 unspecified atom stereocenters. The van der Waals surface area contributed by atoms with Crippen molar-refractivity contribution in [3.8, 4) is 11.5 Å². The number of benzene rings is 2. The lowest BCUT2D eigenvalue weighted by Crippen LogP contribution is -2.40. The van der Waals surface area contributed by atoms with Gasteiger partial charge in [-0.3, -0.25) is 0 Å². The van der Waals surface area contributed by atoms with Crippen molar-refractivity contribution in [1.29, 1.82) is 0 Å². The Balaban J connectivity index is 1.53. The lowest BCUT2D eigenvalue weighted by molar-refractivity contribution is -0.161. The van der Waals surface area contributed by atoms with Gasteiger partial charge in [0.1, 0.15) is 12.2 Å². The van der Waals surface area contributed by atoms with E-state index in [-0.39, 0.29) is 17.9 Å². The fraction of sp³-hybridized carbons (Fsp3) is 0.333. The highest BCUT2D eigenvalue weighted by atomic mass is 16.6. The van der Waals surface area contributed by atoms with Crippen LogP contribution in [0.15, 0.2) is 48.6 Å². The quantitative estimate of drug-likeness (QED) is 0.320. The minimum atomic E-state index is -0.825. The van der Waals surface area contributed by atoms with Crippen molar-refractivity contribution in [3.63, 3.8) is 0 Å². The van der Waals surface area contributed by atoms with Gasteiger partial charge in [-0.25, -0.2) is 9.59 Å². The van der Waals surface area contributed by atoms with Gasteiger partial charge < -0.3 is 24.8 Å². The topological polar surface area (TPSA) is 113 Å². The zero-order valence-electron chi connectivity index (χ0n) is 19.3. The van der Waals surface area contributed by atoms with Crippen LogP contribution in [0.3, 0.4) is 0 Å². The van der Waals surface area contributed by atoms with Crippen LogP contribution in [0.1, 0.15) is 48.4 Å². The predicted octanol–water partition coefficient (Wildman–Crippen LogP) is 4.06. The number of rotatable bonds is 7. The Morgan fingerprint density at radius 3 is 2.24 bits per heavy atom. The van der Waals surface area contributed by atoms with Crippen molar-refractivity contribution < 1.29 is 34.4 Å². The average molecular weight is 467 g/mol. The predicted molar refractivity (Wildman–Crippen MR) is 128 cm³/mol. The van der Waals surface area contributed by atoms with Gasteiger partial charge >= 0.3 is 11.9 Å². The van der Waals surface area contributed by atoms with Crippen molar-refractivity contribution >= 4 is 24.1 Å². The minimum absolute atomic E-state index is 0.199. The number of ether oxygens (including phenoxy) is 2. The monoisotopic (exact) mass is 466 g/mol. The number of hydrogen-bond acceptors (Lipinski definition) is 7. The lowest BCUT2D eigenvalue weighted by Gasteiger charge is -2.32. The first-order valence-corrected chi connectivity index (χ1v) is 11.3. The number of aryl methyl sites for hydroxylation is 2.